The van der Waals surface area contributed by atoms with E-state index in [0.29, 0.717) is 12.6 Å². The molecule has 1 saturated carbocycles. The molecule has 0 bridgehead atoms. The van der Waals surface area contributed by atoms with Gasteiger partial charge >= 0.3 is 0 Å². The van der Waals surface area contributed by atoms with Crippen LogP contribution in [0.1, 0.15) is 58.3 Å². The van der Waals surface area contributed by atoms with Gasteiger partial charge in [0.15, 0.2) is 0 Å². The van der Waals surface area contributed by atoms with Gasteiger partial charge < -0.3 is 10.0 Å². The van der Waals surface area contributed by atoms with Crippen LogP contribution in [0.25, 0.3) is 0 Å². The zero-order valence-corrected chi connectivity index (χ0v) is 13.1. The molecule has 0 aromatic heterocycles. The van der Waals surface area contributed by atoms with Gasteiger partial charge in [-0.05, 0) is 45.6 Å². The molecule has 1 N–H and O–H groups in total. The van der Waals surface area contributed by atoms with Gasteiger partial charge in [-0.3, -0.25) is 9.69 Å². The summed E-state index contributed by atoms with van der Waals surface area (Å²) >= 11 is 0. The van der Waals surface area contributed by atoms with Crippen molar-refractivity contribution in [1.82, 2.24) is 9.80 Å². The fourth-order valence-electron chi connectivity index (χ4n) is 3.45. The molecule has 0 aromatic rings. The maximum absolute atomic E-state index is 12.4. The number of likely N-dealkylation sites (N-methyl/N-ethyl adjacent to an activating group) is 1. The Labute approximate surface area is 123 Å². The number of carbonyl (C=O) groups excluding carboxylic acids is 1. The van der Waals surface area contributed by atoms with Crippen molar-refractivity contribution in [3.63, 3.8) is 0 Å². The molecule has 0 aromatic carbocycles. The van der Waals surface area contributed by atoms with E-state index in [1.807, 2.05) is 18.9 Å². The van der Waals surface area contributed by atoms with Gasteiger partial charge in [-0.2, -0.15) is 0 Å². The lowest BCUT2D eigenvalue weighted by Gasteiger charge is -2.33. The number of carbonyl (C=O) groups is 1. The number of hydrogen-bond donors (Lipinski definition) is 1. The van der Waals surface area contributed by atoms with Crippen molar-refractivity contribution in [1.29, 1.82) is 0 Å². The standard InChI is InChI=1S/C16H30N2O2/c1-16(20)9-6-11-18(12-10-16)13-15(19)17(2)14-7-4-3-5-8-14/h14,20H,3-13H2,1-2H3. The average molecular weight is 282 g/mol. The number of aliphatic hydroxyl groups is 1. The normalized spacial score (nSPS) is 29.9. The average Bonchev–Trinajstić information content (AvgIpc) is 2.60. The van der Waals surface area contributed by atoms with Crippen LogP contribution in [0.4, 0.5) is 0 Å². The third-order valence-electron chi connectivity index (χ3n) is 5.03. The second-order valence-electron chi connectivity index (χ2n) is 6.92. The van der Waals surface area contributed by atoms with E-state index in [1.165, 1.54) is 19.3 Å². The van der Waals surface area contributed by atoms with E-state index >= 15 is 0 Å². The monoisotopic (exact) mass is 282 g/mol. The van der Waals surface area contributed by atoms with Crippen molar-refractivity contribution >= 4 is 5.91 Å². The summed E-state index contributed by atoms with van der Waals surface area (Å²) in [5.74, 6) is 0.249. The van der Waals surface area contributed by atoms with Crippen molar-refractivity contribution in [3.05, 3.63) is 0 Å². The van der Waals surface area contributed by atoms with Gasteiger partial charge in [0.05, 0.1) is 12.1 Å². The first-order chi connectivity index (χ1) is 9.48. The molecule has 1 heterocycles. The van der Waals surface area contributed by atoms with Crippen molar-refractivity contribution in [2.24, 2.45) is 0 Å². The van der Waals surface area contributed by atoms with Crippen molar-refractivity contribution < 1.29 is 9.90 Å². The van der Waals surface area contributed by atoms with Crippen molar-refractivity contribution in [2.45, 2.75) is 69.9 Å². The van der Waals surface area contributed by atoms with Gasteiger partial charge in [-0.1, -0.05) is 19.3 Å². The van der Waals surface area contributed by atoms with Crippen molar-refractivity contribution in [2.75, 3.05) is 26.7 Å². The second kappa shape index (κ2) is 6.90. The Balaban J connectivity index is 1.81. The fraction of sp³-hybridized carbons (Fsp3) is 0.938. The van der Waals surface area contributed by atoms with Crippen LogP contribution in [0.3, 0.4) is 0 Å². The smallest absolute Gasteiger partial charge is 0.236 e. The number of nitrogens with zero attached hydrogens (tertiary/aromatic N) is 2. The number of rotatable bonds is 3. The number of amides is 1. The minimum absolute atomic E-state index is 0.249. The van der Waals surface area contributed by atoms with Crippen LogP contribution in [0.2, 0.25) is 0 Å². The quantitative estimate of drug-likeness (QED) is 0.861. The van der Waals surface area contributed by atoms with E-state index < -0.39 is 5.60 Å². The van der Waals surface area contributed by atoms with E-state index in [-0.39, 0.29) is 5.91 Å². The highest BCUT2D eigenvalue weighted by molar-refractivity contribution is 5.78. The summed E-state index contributed by atoms with van der Waals surface area (Å²) in [5.41, 5.74) is -0.549. The van der Waals surface area contributed by atoms with Gasteiger partial charge in [-0.15, -0.1) is 0 Å². The van der Waals surface area contributed by atoms with Crippen LogP contribution in [0.5, 0.6) is 0 Å². The van der Waals surface area contributed by atoms with Crippen LogP contribution in [0, 0.1) is 0 Å². The molecule has 1 aliphatic heterocycles. The molecule has 4 heteroatoms. The maximum atomic E-state index is 12.4. The lowest BCUT2D eigenvalue weighted by molar-refractivity contribution is -0.133. The van der Waals surface area contributed by atoms with Crippen LogP contribution in [-0.4, -0.2) is 59.1 Å². The summed E-state index contributed by atoms with van der Waals surface area (Å²) in [5, 5.41) is 10.1. The molecule has 20 heavy (non-hydrogen) atoms. The third-order valence-corrected chi connectivity index (χ3v) is 5.03. The molecule has 2 fully saturated rings. The summed E-state index contributed by atoms with van der Waals surface area (Å²) in [6.45, 7) is 4.19. The highest BCUT2D eigenvalue weighted by atomic mass is 16.3. The molecule has 0 radical (unpaired) electrons. The summed E-state index contributed by atoms with van der Waals surface area (Å²) < 4.78 is 0. The minimum Gasteiger partial charge on any atom is -0.390 e. The summed E-state index contributed by atoms with van der Waals surface area (Å²) in [6, 6.07) is 0.450. The Morgan fingerprint density at radius 1 is 1.20 bits per heavy atom. The van der Waals surface area contributed by atoms with Crippen molar-refractivity contribution in [3.8, 4) is 0 Å². The molecule has 4 nitrogen and oxygen atoms in total. The zero-order valence-electron chi connectivity index (χ0n) is 13.1. The molecule has 1 saturated heterocycles. The Hall–Kier alpha value is -0.610. The number of hydrogen-bond acceptors (Lipinski definition) is 3. The topological polar surface area (TPSA) is 43.8 Å². The van der Waals surface area contributed by atoms with Gasteiger partial charge in [0.2, 0.25) is 5.91 Å². The molecule has 1 amide bonds. The van der Waals surface area contributed by atoms with Crippen LogP contribution in [0.15, 0.2) is 0 Å². The van der Waals surface area contributed by atoms with Crippen LogP contribution in [-0.2, 0) is 4.79 Å². The van der Waals surface area contributed by atoms with Gasteiger partial charge in [0, 0.05) is 19.6 Å². The first-order valence-corrected chi connectivity index (χ1v) is 8.18. The van der Waals surface area contributed by atoms with Crippen LogP contribution >= 0.6 is 0 Å². The van der Waals surface area contributed by atoms with E-state index in [1.54, 1.807) is 0 Å². The Morgan fingerprint density at radius 2 is 1.90 bits per heavy atom. The molecule has 1 unspecified atom stereocenters. The second-order valence-corrected chi connectivity index (χ2v) is 6.92. The summed E-state index contributed by atoms with van der Waals surface area (Å²) in [6.07, 6.45) is 8.76. The van der Waals surface area contributed by atoms with E-state index in [9.17, 15) is 9.90 Å². The minimum atomic E-state index is -0.549. The Kier molecular flexibility index (Phi) is 5.44. The molecule has 116 valence electrons. The van der Waals surface area contributed by atoms with Gasteiger partial charge in [0.1, 0.15) is 0 Å². The molecule has 0 spiro atoms. The van der Waals surface area contributed by atoms with E-state index in [4.69, 9.17) is 0 Å². The Morgan fingerprint density at radius 3 is 2.60 bits per heavy atom. The lowest BCUT2D eigenvalue weighted by Crippen LogP contribution is -2.44. The highest BCUT2D eigenvalue weighted by Crippen LogP contribution is 2.23. The first-order valence-electron chi connectivity index (χ1n) is 8.18. The molecule has 2 aliphatic rings. The first kappa shape index (κ1) is 15.8. The van der Waals surface area contributed by atoms with Gasteiger partial charge in [0.25, 0.3) is 0 Å². The predicted octanol–water partition coefficient (Wildman–Crippen LogP) is 2.01. The van der Waals surface area contributed by atoms with Crippen LogP contribution < -0.4 is 0 Å². The van der Waals surface area contributed by atoms with Gasteiger partial charge in [-0.25, -0.2) is 0 Å². The SMILES string of the molecule is CN(C(=O)CN1CCCC(C)(O)CC1)C1CCCCC1. The molecule has 1 atom stereocenters. The summed E-state index contributed by atoms with van der Waals surface area (Å²) in [4.78, 5) is 16.6. The Bertz CT molecular complexity index is 324. The lowest BCUT2D eigenvalue weighted by atomic mass is 9.94. The predicted molar refractivity (Wildman–Crippen MR) is 80.6 cm³/mol. The molecular formula is C16H30N2O2. The summed E-state index contributed by atoms with van der Waals surface area (Å²) in [7, 11) is 1.96. The maximum Gasteiger partial charge on any atom is 0.236 e. The third kappa shape index (κ3) is 4.45. The molecule has 2 rings (SSSR count). The zero-order chi connectivity index (χ0) is 14.6. The highest BCUT2D eigenvalue weighted by Gasteiger charge is 2.27. The fourth-order valence-corrected chi connectivity index (χ4v) is 3.45. The van der Waals surface area contributed by atoms with E-state index in [0.717, 1.165) is 45.2 Å². The molecular weight excluding hydrogens is 252 g/mol. The van der Waals surface area contributed by atoms with E-state index in [2.05, 4.69) is 4.90 Å². The number of likely N-dealkylation sites (tertiary alicyclic amines) is 1. The molecule has 1 aliphatic carbocycles. The largest absolute Gasteiger partial charge is 0.390 e.